The van der Waals surface area contributed by atoms with Crippen LogP contribution in [-0.2, 0) is 16.0 Å². The van der Waals surface area contributed by atoms with E-state index in [-0.39, 0.29) is 29.7 Å². The quantitative estimate of drug-likeness (QED) is 0.546. The predicted octanol–water partition coefficient (Wildman–Crippen LogP) is 5.29. The van der Waals surface area contributed by atoms with Crippen LogP contribution in [0.5, 0.6) is 0 Å². The second kappa shape index (κ2) is 9.88. The summed E-state index contributed by atoms with van der Waals surface area (Å²) in [6.07, 6.45) is 6.79. The largest absolute Gasteiger partial charge is 0.332 e. The number of carbonyl (C=O) groups excluding carboxylic acids is 2. The van der Waals surface area contributed by atoms with Gasteiger partial charge in [0.05, 0.1) is 6.42 Å². The number of aryl methyl sites for hydroxylation is 3. The third-order valence-corrected chi connectivity index (χ3v) is 6.85. The lowest BCUT2D eigenvalue weighted by Crippen LogP contribution is -2.34. The molecule has 0 radical (unpaired) electrons. The fourth-order valence-corrected chi connectivity index (χ4v) is 4.91. The van der Waals surface area contributed by atoms with Crippen LogP contribution in [-0.4, -0.2) is 38.0 Å². The third-order valence-electron chi connectivity index (χ3n) is 6.85. The van der Waals surface area contributed by atoms with Crippen molar-refractivity contribution in [3.63, 3.8) is 0 Å². The molecule has 0 unspecified atom stereocenters. The van der Waals surface area contributed by atoms with Crippen LogP contribution in [0.25, 0.3) is 0 Å². The summed E-state index contributed by atoms with van der Waals surface area (Å²) in [4.78, 5) is 27.8. The van der Waals surface area contributed by atoms with Gasteiger partial charge in [-0.15, -0.1) is 10.2 Å². The molecular weight excluding hydrogens is 426 g/mol. The van der Waals surface area contributed by atoms with Crippen molar-refractivity contribution in [3.05, 3.63) is 41.0 Å². The van der Waals surface area contributed by atoms with E-state index in [1.165, 1.54) is 0 Å². The van der Waals surface area contributed by atoms with Gasteiger partial charge in [0.2, 0.25) is 11.8 Å². The molecule has 1 aromatic carbocycles. The molecule has 2 amide bonds. The molecule has 0 bridgehead atoms. The number of aromatic nitrogens is 3. The summed E-state index contributed by atoms with van der Waals surface area (Å²) in [5, 5.41) is 12.2. The maximum atomic E-state index is 13.2. The normalized spacial score (nSPS) is 17.3. The van der Waals surface area contributed by atoms with E-state index in [1.807, 2.05) is 30.9 Å². The van der Waals surface area contributed by atoms with Gasteiger partial charge in [0.1, 0.15) is 11.9 Å². The number of amides is 2. The van der Waals surface area contributed by atoms with Crippen LogP contribution in [0.2, 0.25) is 0 Å². The van der Waals surface area contributed by atoms with E-state index in [9.17, 15) is 9.59 Å². The van der Waals surface area contributed by atoms with Crippen LogP contribution in [0, 0.1) is 19.3 Å². The first-order valence-electron chi connectivity index (χ1n) is 12.7. The Bertz CT molecular complexity index is 1050. The van der Waals surface area contributed by atoms with E-state index >= 15 is 0 Å². The van der Waals surface area contributed by atoms with E-state index in [0.717, 1.165) is 67.0 Å². The van der Waals surface area contributed by atoms with Crippen molar-refractivity contribution < 1.29 is 9.59 Å². The fraction of sp³-hybridized carbons (Fsp3) is 0.630. The van der Waals surface area contributed by atoms with E-state index in [1.54, 1.807) is 0 Å². The van der Waals surface area contributed by atoms with Gasteiger partial charge in [-0.2, -0.15) is 0 Å². The van der Waals surface area contributed by atoms with Crippen LogP contribution in [0.4, 0.5) is 5.69 Å². The molecule has 1 N–H and O–H groups in total. The number of rotatable bonds is 9. The molecule has 0 spiro atoms. The van der Waals surface area contributed by atoms with E-state index in [2.05, 4.69) is 46.9 Å². The molecule has 2 aromatic rings. The molecule has 1 aromatic heterocycles. The van der Waals surface area contributed by atoms with Gasteiger partial charge >= 0.3 is 0 Å². The first-order valence-corrected chi connectivity index (χ1v) is 12.7. The van der Waals surface area contributed by atoms with Gasteiger partial charge < -0.3 is 14.8 Å². The smallest absolute Gasteiger partial charge is 0.226 e. The summed E-state index contributed by atoms with van der Waals surface area (Å²) in [5.74, 6) is 1.77. The number of carbonyl (C=O) groups is 2. The molecule has 1 atom stereocenters. The minimum atomic E-state index is -0.384. The Morgan fingerprint density at radius 3 is 2.59 bits per heavy atom. The lowest BCUT2D eigenvalue weighted by atomic mass is 9.90. The Hall–Kier alpha value is -2.70. The number of likely N-dealkylation sites (tertiary alicyclic amines) is 1. The molecule has 7 heteroatoms. The lowest BCUT2D eigenvalue weighted by Gasteiger charge is -2.27. The molecule has 2 fully saturated rings. The highest BCUT2D eigenvalue weighted by Gasteiger charge is 2.38. The molecule has 34 heavy (non-hydrogen) atoms. The van der Waals surface area contributed by atoms with E-state index < -0.39 is 0 Å². The molecule has 2 heterocycles. The summed E-state index contributed by atoms with van der Waals surface area (Å²) in [5.41, 5.74) is 3.29. The Labute approximate surface area is 203 Å². The van der Waals surface area contributed by atoms with Gasteiger partial charge in [-0.3, -0.25) is 9.59 Å². The van der Waals surface area contributed by atoms with Crippen molar-refractivity contribution in [1.29, 1.82) is 0 Å². The highest BCUT2D eigenvalue weighted by atomic mass is 16.2. The van der Waals surface area contributed by atoms with Gasteiger partial charge in [0.25, 0.3) is 0 Å². The summed E-state index contributed by atoms with van der Waals surface area (Å²) in [7, 11) is 0. The zero-order valence-electron chi connectivity index (χ0n) is 21.4. The Kier molecular flexibility index (Phi) is 7.10. The van der Waals surface area contributed by atoms with Gasteiger partial charge in [0.15, 0.2) is 5.82 Å². The summed E-state index contributed by atoms with van der Waals surface area (Å²) < 4.78 is 2.25. The monoisotopic (exact) mass is 465 g/mol. The lowest BCUT2D eigenvalue weighted by molar-refractivity contribution is -0.131. The molecule has 2 aliphatic rings. The highest BCUT2D eigenvalue weighted by Crippen LogP contribution is 2.40. The second-order valence-electron chi connectivity index (χ2n) is 11.3. The first kappa shape index (κ1) is 24.4. The van der Waals surface area contributed by atoms with Crippen molar-refractivity contribution in [2.45, 2.75) is 98.1 Å². The van der Waals surface area contributed by atoms with E-state index in [4.69, 9.17) is 0 Å². The number of anilines is 1. The SMILES string of the molecule is Cc1ccc(NC(=O)C[C@@H](c2nnc(CCCC(C)(C)C)n2C2CC2)N2CCCC2=O)c(C)c1. The average Bonchev–Trinajstić information content (AvgIpc) is 3.36. The van der Waals surface area contributed by atoms with Crippen molar-refractivity contribution >= 4 is 17.5 Å². The van der Waals surface area contributed by atoms with Gasteiger partial charge in [-0.1, -0.05) is 38.5 Å². The topological polar surface area (TPSA) is 80.1 Å². The molecule has 4 rings (SSSR count). The second-order valence-corrected chi connectivity index (χ2v) is 11.3. The molecule has 1 aliphatic heterocycles. The molecule has 1 aliphatic carbocycles. The van der Waals surface area contributed by atoms with Crippen molar-refractivity contribution in [3.8, 4) is 0 Å². The van der Waals surface area contributed by atoms with Gasteiger partial charge in [-0.05, 0) is 63.0 Å². The molecule has 184 valence electrons. The number of hydrogen-bond acceptors (Lipinski definition) is 4. The summed E-state index contributed by atoms with van der Waals surface area (Å²) >= 11 is 0. The number of hydrogen-bond donors (Lipinski definition) is 1. The molecule has 7 nitrogen and oxygen atoms in total. The molecule has 1 saturated heterocycles. The first-order chi connectivity index (χ1) is 16.1. The van der Waals surface area contributed by atoms with Gasteiger partial charge in [-0.25, -0.2) is 0 Å². The average molecular weight is 466 g/mol. The Morgan fingerprint density at radius 2 is 1.97 bits per heavy atom. The van der Waals surface area contributed by atoms with Crippen molar-refractivity contribution in [2.24, 2.45) is 5.41 Å². The van der Waals surface area contributed by atoms with Crippen LogP contribution < -0.4 is 5.32 Å². The van der Waals surface area contributed by atoms with Crippen molar-refractivity contribution in [2.75, 3.05) is 11.9 Å². The predicted molar refractivity (Wildman–Crippen MR) is 134 cm³/mol. The standard InChI is InChI=1S/C27H39N5O2/c1-18-10-13-21(19(2)16-18)28-24(33)17-22(31-15-7-9-25(31)34)26-30-29-23(32(26)20-11-12-20)8-6-14-27(3,4)5/h10,13,16,20,22H,6-9,11-12,14-15,17H2,1-5H3,(H,28,33)/t22-/m0/s1. The number of benzene rings is 1. The van der Waals surface area contributed by atoms with Crippen LogP contribution in [0.1, 0.15) is 101 Å². The van der Waals surface area contributed by atoms with E-state index in [0.29, 0.717) is 19.0 Å². The number of nitrogens with zero attached hydrogens (tertiary/aromatic N) is 4. The fourth-order valence-electron chi connectivity index (χ4n) is 4.91. The zero-order valence-corrected chi connectivity index (χ0v) is 21.4. The molecule has 1 saturated carbocycles. The molecular formula is C27H39N5O2. The van der Waals surface area contributed by atoms with Gasteiger partial charge in [0, 0.05) is 31.1 Å². The highest BCUT2D eigenvalue weighted by molar-refractivity contribution is 5.92. The third kappa shape index (κ3) is 5.86. The van der Waals surface area contributed by atoms with Crippen LogP contribution in [0.3, 0.4) is 0 Å². The van der Waals surface area contributed by atoms with Crippen LogP contribution in [0.15, 0.2) is 18.2 Å². The van der Waals surface area contributed by atoms with Crippen molar-refractivity contribution in [1.82, 2.24) is 19.7 Å². The number of nitrogens with one attached hydrogen (secondary N) is 1. The zero-order chi connectivity index (χ0) is 24.5. The maximum Gasteiger partial charge on any atom is 0.226 e. The van der Waals surface area contributed by atoms with Crippen LogP contribution >= 0.6 is 0 Å². The maximum absolute atomic E-state index is 13.2. The summed E-state index contributed by atoms with van der Waals surface area (Å²) in [6, 6.07) is 6.00. The Balaban J connectivity index is 1.57. The minimum Gasteiger partial charge on any atom is -0.332 e. The minimum absolute atomic E-state index is 0.101. The Morgan fingerprint density at radius 1 is 1.21 bits per heavy atom. The summed E-state index contributed by atoms with van der Waals surface area (Å²) in [6.45, 7) is 11.5.